The lowest BCUT2D eigenvalue weighted by Gasteiger charge is -2.16. The third kappa shape index (κ3) is 4.71. The number of alkyl halides is 2. The molecule has 0 saturated carbocycles. The van der Waals surface area contributed by atoms with E-state index in [9.17, 15) is 18.4 Å². The molecule has 0 bridgehead atoms. The maximum Gasteiger partial charge on any atom is 0.270 e. The minimum atomic E-state index is -2.96. The summed E-state index contributed by atoms with van der Waals surface area (Å²) >= 11 is 0. The van der Waals surface area contributed by atoms with Crippen molar-refractivity contribution in [3.8, 4) is 17.0 Å². The molecule has 8 heteroatoms. The van der Waals surface area contributed by atoms with E-state index in [-0.39, 0.29) is 5.56 Å². The van der Waals surface area contributed by atoms with Crippen LogP contribution >= 0.6 is 0 Å². The van der Waals surface area contributed by atoms with E-state index in [1.54, 1.807) is 31.4 Å². The van der Waals surface area contributed by atoms with Gasteiger partial charge in [-0.05, 0) is 37.3 Å². The maximum absolute atomic E-state index is 13.3. The second-order valence-corrected chi connectivity index (χ2v) is 6.86. The Morgan fingerprint density at radius 3 is 2.47 bits per heavy atom. The lowest BCUT2D eigenvalue weighted by molar-refractivity contribution is -0.119. The van der Waals surface area contributed by atoms with Gasteiger partial charge in [-0.25, -0.2) is 13.5 Å². The van der Waals surface area contributed by atoms with Crippen LogP contribution in [0.15, 0.2) is 65.5 Å². The number of nitrogens with one attached hydrogen (secondary N) is 1. The summed E-state index contributed by atoms with van der Waals surface area (Å²) in [4.78, 5) is 24.9. The fraction of sp³-hybridized carbons (Fsp3) is 0.227. The van der Waals surface area contributed by atoms with E-state index in [0.29, 0.717) is 17.1 Å². The maximum atomic E-state index is 13.3. The van der Waals surface area contributed by atoms with E-state index in [2.05, 4.69) is 10.4 Å². The van der Waals surface area contributed by atoms with Crippen LogP contribution in [-0.2, 0) is 10.7 Å². The van der Waals surface area contributed by atoms with Crippen LogP contribution in [0.4, 0.5) is 14.5 Å². The summed E-state index contributed by atoms with van der Waals surface area (Å²) in [5, 5.41) is 6.94. The van der Waals surface area contributed by atoms with Crippen molar-refractivity contribution in [2.24, 2.45) is 0 Å². The fourth-order valence-electron chi connectivity index (χ4n) is 2.84. The highest BCUT2D eigenvalue weighted by molar-refractivity contribution is 5.93. The Balaban J connectivity index is 1.82. The van der Waals surface area contributed by atoms with E-state index < -0.39 is 23.4 Å². The van der Waals surface area contributed by atoms with E-state index in [1.807, 2.05) is 6.07 Å². The van der Waals surface area contributed by atoms with Crippen LogP contribution < -0.4 is 15.6 Å². The van der Waals surface area contributed by atoms with Gasteiger partial charge in [0.05, 0.1) is 12.8 Å². The molecular formula is C22H21F2N3O3. The number of nitrogens with zero attached hydrogens (tertiary/aromatic N) is 2. The monoisotopic (exact) mass is 413 g/mol. The highest BCUT2D eigenvalue weighted by Crippen LogP contribution is 2.28. The van der Waals surface area contributed by atoms with Gasteiger partial charge < -0.3 is 10.1 Å². The molecule has 0 fully saturated rings. The molecule has 1 atom stereocenters. The summed E-state index contributed by atoms with van der Waals surface area (Å²) in [7, 11) is 1.55. The van der Waals surface area contributed by atoms with Gasteiger partial charge >= 0.3 is 0 Å². The van der Waals surface area contributed by atoms with Crippen molar-refractivity contribution >= 4 is 11.6 Å². The molecule has 1 aromatic heterocycles. The van der Waals surface area contributed by atoms with Crippen molar-refractivity contribution < 1.29 is 18.3 Å². The third-order valence-electron chi connectivity index (χ3n) is 4.60. The van der Waals surface area contributed by atoms with Gasteiger partial charge in [0.1, 0.15) is 11.8 Å². The number of benzene rings is 2. The second-order valence-electron chi connectivity index (χ2n) is 6.86. The lowest BCUT2D eigenvalue weighted by atomic mass is 10.1. The molecule has 0 aliphatic carbocycles. The van der Waals surface area contributed by atoms with Crippen molar-refractivity contribution in [1.82, 2.24) is 9.78 Å². The number of methoxy groups -OCH3 is 1. The fourth-order valence-corrected chi connectivity index (χ4v) is 2.84. The quantitative estimate of drug-likeness (QED) is 0.656. The van der Waals surface area contributed by atoms with Crippen LogP contribution in [-0.4, -0.2) is 22.8 Å². The first kappa shape index (κ1) is 21.2. The Kier molecular flexibility index (Phi) is 5.96. The molecule has 6 nitrogen and oxygen atoms in total. The van der Waals surface area contributed by atoms with Crippen LogP contribution in [0.2, 0.25) is 0 Å². The van der Waals surface area contributed by atoms with Crippen LogP contribution in [0.25, 0.3) is 11.3 Å². The highest BCUT2D eigenvalue weighted by atomic mass is 19.3. The SMILES string of the molecule is COc1cccc(-c2ccc(=O)n(C(C)C(=O)Nc3ccc(C(C)(F)F)cc3)n2)c1. The van der Waals surface area contributed by atoms with Crippen molar-refractivity contribution in [2.45, 2.75) is 25.8 Å². The Labute approximate surface area is 172 Å². The molecule has 0 spiro atoms. The number of rotatable bonds is 6. The summed E-state index contributed by atoms with van der Waals surface area (Å²) in [6, 6.07) is 14.4. The Hall–Kier alpha value is -3.55. The molecule has 1 N–H and O–H groups in total. The zero-order valence-corrected chi connectivity index (χ0v) is 16.7. The minimum absolute atomic E-state index is 0.155. The number of anilines is 1. The largest absolute Gasteiger partial charge is 0.497 e. The molecule has 2 aromatic carbocycles. The zero-order valence-electron chi connectivity index (χ0n) is 16.7. The molecular weight excluding hydrogens is 392 g/mol. The van der Waals surface area contributed by atoms with Crippen molar-refractivity contribution in [3.63, 3.8) is 0 Å². The third-order valence-corrected chi connectivity index (χ3v) is 4.60. The molecule has 0 aliphatic rings. The molecule has 1 unspecified atom stereocenters. The first-order valence-electron chi connectivity index (χ1n) is 9.22. The van der Waals surface area contributed by atoms with Gasteiger partial charge in [-0.15, -0.1) is 0 Å². The smallest absolute Gasteiger partial charge is 0.270 e. The molecule has 0 radical (unpaired) electrons. The van der Waals surface area contributed by atoms with Crippen LogP contribution in [0.3, 0.4) is 0 Å². The topological polar surface area (TPSA) is 73.2 Å². The zero-order chi connectivity index (χ0) is 21.9. The number of carbonyl (C=O) groups excluding carboxylic acids is 1. The summed E-state index contributed by atoms with van der Waals surface area (Å²) in [6.45, 7) is 2.34. The van der Waals surface area contributed by atoms with Crippen LogP contribution in [0, 0.1) is 0 Å². The van der Waals surface area contributed by atoms with Gasteiger partial charge in [-0.2, -0.15) is 5.10 Å². The molecule has 3 aromatic rings. The van der Waals surface area contributed by atoms with Gasteiger partial charge in [-0.3, -0.25) is 9.59 Å². The Morgan fingerprint density at radius 2 is 1.83 bits per heavy atom. The van der Waals surface area contributed by atoms with Gasteiger partial charge in [0.2, 0.25) is 5.91 Å². The number of carbonyl (C=O) groups is 1. The number of hydrogen-bond acceptors (Lipinski definition) is 4. The van der Waals surface area contributed by atoms with E-state index in [4.69, 9.17) is 4.74 Å². The predicted molar refractivity (Wildman–Crippen MR) is 110 cm³/mol. The molecule has 0 aliphatic heterocycles. The first-order chi connectivity index (χ1) is 14.2. The number of ether oxygens (including phenoxy) is 1. The minimum Gasteiger partial charge on any atom is -0.497 e. The Morgan fingerprint density at radius 1 is 1.13 bits per heavy atom. The van der Waals surface area contributed by atoms with Crippen LogP contribution in [0.1, 0.15) is 25.5 Å². The molecule has 3 rings (SSSR count). The van der Waals surface area contributed by atoms with Crippen LogP contribution in [0.5, 0.6) is 5.75 Å². The molecule has 30 heavy (non-hydrogen) atoms. The summed E-state index contributed by atoms with van der Waals surface area (Å²) in [6.07, 6.45) is 0. The molecule has 156 valence electrons. The van der Waals surface area contributed by atoms with Crippen molar-refractivity contribution in [1.29, 1.82) is 0 Å². The highest BCUT2D eigenvalue weighted by Gasteiger charge is 2.24. The Bertz CT molecular complexity index is 1110. The van der Waals surface area contributed by atoms with E-state index in [1.165, 1.54) is 37.3 Å². The van der Waals surface area contributed by atoms with Crippen molar-refractivity contribution in [3.05, 3.63) is 76.6 Å². The summed E-state index contributed by atoms with van der Waals surface area (Å²) < 4.78 is 32.9. The van der Waals surface area contributed by atoms with E-state index in [0.717, 1.165) is 17.2 Å². The summed E-state index contributed by atoms with van der Waals surface area (Å²) in [5.41, 5.74) is 0.981. The lowest BCUT2D eigenvalue weighted by Crippen LogP contribution is -2.33. The number of amides is 1. The average molecular weight is 413 g/mol. The van der Waals surface area contributed by atoms with Gasteiger partial charge in [0.15, 0.2) is 0 Å². The molecule has 0 saturated heterocycles. The number of halogens is 2. The van der Waals surface area contributed by atoms with E-state index >= 15 is 0 Å². The van der Waals surface area contributed by atoms with Gasteiger partial charge in [0, 0.05) is 29.8 Å². The van der Waals surface area contributed by atoms with Gasteiger partial charge in [0.25, 0.3) is 11.5 Å². The number of aromatic nitrogens is 2. The molecule has 1 amide bonds. The second kappa shape index (κ2) is 8.44. The predicted octanol–water partition coefficient (Wildman–Crippen LogP) is 4.23. The van der Waals surface area contributed by atoms with Gasteiger partial charge in [-0.1, -0.05) is 24.3 Å². The van der Waals surface area contributed by atoms with Crippen molar-refractivity contribution in [2.75, 3.05) is 12.4 Å². The first-order valence-corrected chi connectivity index (χ1v) is 9.22. The average Bonchev–Trinajstić information content (AvgIpc) is 2.73. The standard InChI is InChI=1S/C22H21F2N3O3/c1-14(21(29)25-17-9-7-16(8-10-17)22(2,23)24)27-20(28)12-11-19(26-27)15-5-4-6-18(13-15)30-3/h4-14H,1-3H3,(H,25,29). The number of hydrogen-bond donors (Lipinski definition) is 1. The molecule has 1 heterocycles. The normalized spacial score (nSPS) is 12.3. The summed E-state index contributed by atoms with van der Waals surface area (Å²) in [5.74, 6) is -2.82.